The van der Waals surface area contributed by atoms with Gasteiger partial charge in [-0.15, -0.1) is 10.2 Å². The van der Waals surface area contributed by atoms with Gasteiger partial charge in [-0.2, -0.15) is 0 Å². The van der Waals surface area contributed by atoms with Gasteiger partial charge in [0.2, 0.25) is 5.89 Å². The fourth-order valence-corrected chi connectivity index (χ4v) is 3.07. The second-order valence-electron chi connectivity index (χ2n) is 5.94. The van der Waals surface area contributed by atoms with Crippen LogP contribution in [0.1, 0.15) is 41.9 Å². The van der Waals surface area contributed by atoms with Crippen molar-refractivity contribution in [1.29, 1.82) is 0 Å². The molecule has 0 radical (unpaired) electrons. The molecular weight excluding hydrogens is 311 g/mol. The summed E-state index contributed by atoms with van der Waals surface area (Å²) in [6.07, 6.45) is 2.54. The van der Waals surface area contributed by atoms with Crippen molar-refractivity contribution in [2.75, 3.05) is 19.6 Å². The average molecular weight is 332 g/mol. The summed E-state index contributed by atoms with van der Waals surface area (Å²) in [5.41, 5.74) is 0.718. The van der Waals surface area contributed by atoms with Crippen LogP contribution in [0.3, 0.4) is 0 Å². The van der Waals surface area contributed by atoms with E-state index in [0.29, 0.717) is 24.9 Å². The number of rotatable bonds is 6. The first-order chi connectivity index (χ1) is 11.7. The van der Waals surface area contributed by atoms with Gasteiger partial charge < -0.3 is 9.73 Å². The van der Waals surface area contributed by atoms with Crippen LogP contribution in [0.5, 0.6) is 0 Å². The molecule has 1 aromatic carbocycles. The third-order valence-corrected chi connectivity index (χ3v) is 4.31. The molecule has 1 N–H and O–H groups in total. The Morgan fingerprint density at radius 1 is 1.46 bits per heavy atom. The standard InChI is InChI=1S/C17H21FN4O2/c1-2-22-8-4-7-14(22)11-19-16(23)17-21-20-15(24-17)10-12-5-3-6-13(18)9-12/h3,5-6,9,14H,2,4,7-8,10-11H2,1H3,(H,19,23). The molecule has 0 aliphatic carbocycles. The maximum absolute atomic E-state index is 13.2. The molecule has 24 heavy (non-hydrogen) atoms. The molecule has 128 valence electrons. The zero-order valence-electron chi connectivity index (χ0n) is 13.7. The Morgan fingerprint density at radius 2 is 2.33 bits per heavy atom. The van der Waals surface area contributed by atoms with Crippen LogP contribution in [-0.2, 0) is 6.42 Å². The van der Waals surface area contributed by atoms with Gasteiger partial charge in [0, 0.05) is 12.6 Å². The second kappa shape index (κ2) is 7.53. The molecule has 3 rings (SSSR count). The summed E-state index contributed by atoms with van der Waals surface area (Å²) >= 11 is 0. The number of benzene rings is 1. The number of hydrogen-bond donors (Lipinski definition) is 1. The molecule has 1 unspecified atom stereocenters. The smallest absolute Gasteiger partial charge is 0.308 e. The highest BCUT2D eigenvalue weighted by Crippen LogP contribution is 2.16. The number of carbonyl (C=O) groups excluding carboxylic acids is 1. The number of nitrogens with zero attached hydrogens (tertiary/aromatic N) is 3. The van der Waals surface area contributed by atoms with Crippen molar-refractivity contribution in [2.24, 2.45) is 0 Å². The lowest BCUT2D eigenvalue weighted by atomic mass is 10.1. The van der Waals surface area contributed by atoms with Crippen molar-refractivity contribution in [1.82, 2.24) is 20.4 Å². The first-order valence-electron chi connectivity index (χ1n) is 8.24. The maximum Gasteiger partial charge on any atom is 0.308 e. The average Bonchev–Trinajstić information content (AvgIpc) is 3.21. The van der Waals surface area contributed by atoms with Crippen LogP contribution in [0.2, 0.25) is 0 Å². The van der Waals surface area contributed by atoms with Crippen molar-refractivity contribution < 1.29 is 13.6 Å². The lowest BCUT2D eigenvalue weighted by Gasteiger charge is -2.22. The maximum atomic E-state index is 13.2. The van der Waals surface area contributed by atoms with Gasteiger partial charge in [0.15, 0.2) is 0 Å². The van der Waals surface area contributed by atoms with Gasteiger partial charge in [0.25, 0.3) is 0 Å². The molecule has 0 saturated carbocycles. The Bertz CT molecular complexity index is 703. The van der Waals surface area contributed by atoms with Crippen LogP contribution in [0, 0.1) is 5.82 Å². The number of likely N-dealkylation sites (tertiary alicyclic amines) is 1. The Morgan fingerprint density at radius 3 is 3.12 bits per heavy atom. The van der Waals surface area contributed by atoms with E-state index in [4.69, 9.17) is 4.42 Å². The first-order valence-corrected chi connectivity index (χ1v) is 8.24. The van der Waals surface area contributed by atoms with E-state index >= 15 is 0 Å². The lowest BCUT2D eigenvalue weighted by molar-refractivity contribution is 0.0905. The minimum atomic E-state index is -0.365. The molecule has 0 bridgehead atoms. The molecule has 1 aliphatic heterocycles. The third kappa shape index (κ3) is 3.97. The summed E-state index contributed by atoms with van der Waals surface area (Å²) in [6, 6.07) is 6.54. The van der Waals surface area contributed by atoms with Crippen LogP contribution in [-0.4, -0.2) is 46.7 Å². The largest absolute Gasteiger partial charge is 0.417 e. The molecule has 1 saturated heterocycles. The topological polar surface area (TPSA) is 71.3 Å². The van der Waals surface area contributed by atoms with E-state index in [1.807, 2.05) is 0 Å². The van der Waals surface area contributed by atoms with Crippen molar-refractivity contribution >= 4 is 5.91 Å². The van der Waals surface area contributed by atoms with Crippen LogP contribution in [0.25, 0.3) is 0 Å². The van der Waals surface area contributed by atoms with Crippen molar-refractivity contribution in [2.45, 2.75) is 32.2 Å². The van der Waals surface area contributed by atoms with Gasteiger partial charge in [-0.25, -0.2) is 4.39 Å². The van der Waals surface area contributed by atoms with E-state index in [2.05, 4.69) is 27.3 Å². The Balaban J connectivity index is 1.55. The van der Waals surface area contributed by atoms with E-state index in [1.165, 1.54) is 12.1 Å². The van der Waals surface area contributed by atoms with Gasteiger partial charge in [0.05, 0.1) is 6.42 Å². The highest BCUT2D eigenvalue weighted by molar-refractivity contribution is 5.89. The lowest BCUT2D eigenvalue weighted by Crippen LogP contribution is -2.40. The molecule has 1 amide bonds. The molecule has 7 heteroatoms. The predicted molar refractivity (Wildman–Crippen MR) is 86.1 cm³/mol. The van der Waals surface area contributed by atoms with E-state index < -0.39 is 0 Å². The molecule has 1 aliphatic rings. The highest BCUT2D eigenvalue weighted by Gasteiger charge is 2.24. The minimum absolute atomic E-state index is 0.0533. The van der Waals surface area contributed by atoms with Crippen LogP contribution < -0.4 is 5.32 Å². The van der Waals surface area contributed by atoms with Gasteiger partial charge >= 0.3 is 11.8 Å². The third-order valence-electron chi connectivity index (χ3n) is 4.31. The number of hydrogen-bond acceptors (Lipinski definition) is 5. The number of aromatic nitrogens is 2. The highest BCUT2D eigenvalue weighted by atomic mass is 19.1. The monoisotopic (exact) mass is 332 g/mol. The van der Waals surface area contributed by atoms with E-state index in [0.717, 1.165) is 31.5 Å². The zero-order valence-corrected chi connectivity index (χ0v) is 13.7. The van der Waals surface area contributed by atoms with Gasteiger partial charge in [-0.05, 0) is 43.6 Å². The summed E-state index contributed by atoms with van der Waals surface area (Å²) < 4.78 is 18.6. The summed E-state index contributed by atoms with van der Waals surface area (Å²) in [5.74, 6) is -0.442. The van der Waals surface area contributed by atoms with Gasteiger partial charge in [0.1, 0.15) is 5.82 Å². The zero-order chi connectivity index (χ0) is 16.9. The summed E-state index contributed by atoms with van der Waals surface area (Å²) in [6.45, 7) is 4.76. The van der Waals surface area contributed by atoms with Crippen molar-refractivity contribution in [3.8, 4) is 0 Å². The molecule has 0 spiro atoms. The first kappa shape index (κ1) is 16.6. The van der Waals surface area contributed by atoms with E-state index in [9.17, 15) is 9.18 Å². The molecule has 2 aromatic rings. The molecule has 6 nitrogen and oxygen atoms in total. The molecule has 1 aromatic heterocycles. The summed E-state index contributed by atoms with van der Waals surface area (Å²) in [4.78, 5) is 14.5. The van der Waals surface area contributed by atoms with E-state index in [1.54, 1.807) is 12.1 Å². The number of amides is 1. The van der Waals surface area contributed by atoms with E-state index in [-0.39, 0.29) is 17.6 Å². The molecule has 1 atom stereocenters. The predicted octanol–water partition coefficient (Wildman–Crippen LogP) is 2.01. The quantitative estimate of drug-likeness (QED) is 0.876. The van der Waals surface area contributed by atoms with Crippen LogP contribution >= 0.6 is 0 Å². The number of halogens is 1. The summed E-state index contributed by atoms with van der Waals surface area (Å²) in [5, 5.41) is 10.5. The Kier molecular flexibility index (Phi) is 5.20. The molecule has 1 fully saturated rings. The fraction of sp³-hybridized carbons (Fsp3) is 0.471. The molecular formula is C17H21FN4O2. The number of nitrogens with one attached hydrogen (secondary N) is 1. The SMILES string of the molecule is CCN1CCCC1CNC(=O)c1nnc(Cc2cccc(F)c2)o1. The van der Waals surface area contributed by atoms with Gasteiger partial charge in [-0.1, -0.05) is 19.1 Å². The van der Waals surface area contributed by atoms with Crippen LogP contribution in [0.15, 0.2) is 28.7 Å². The Hall–Kier alpha value is -2.28. The second-order valence-corrected chi connectivity index (χ2v) is 5.94. The number of likely N-dealkylation sites (N-methyl/N-ethyl adjacent to an activating group) is 1. The molecule has 2 heterocycles. The van der Waals surface area contributed by atoms with Crippen molar-refractivity contribution in [3.63, 3.8) is 0 Å². The minimum Gasteiger partial charge on any atom is -0.417 e. The van der Waals surface area contributed by atoms with Crippen molar-refractivity contribution in [3.05, 3.63) is 47.4 Å². The summed E-state index contributed by atoms with van der Waals surface area (Å²) in [7, 11) is 0. The normalized spacial score (nSPS) is 18.0. The Labute approximate surface area is 140 Å². The van der Waals surface area contributed by atoms with Gasteiger partial charge in [-0.3, -0.25) is 9.69 Å². The number of carbonyl (C=O) groups is 1. The van der Waals surface area contributed by atoms with Crippen LogP contribution in [0.4, 0.5) is 4.39 Å². The fourth-order valence-electron chi connectivity index (χ4n) is 3.07.